The largest absolute Gasteiger partial charge is 0.387 e. The molecule has 0 radical (unpaired) electrons. The Labute approximate surface area is 157 Å². The number of hydrogen-bond acceptors (Lipinski definition) is 4. The predicted molar refractivity (Wildman–Crippen MR) is 103 cm³/mol. The summed E-state index contributed by atoms with van der Waals surface area (Å²) in [6.07, 6.45) is -0.794. The van der Waals surface area contributed by atoms with E-state index in [1.54, 1.807) is 55.6 Å². The molecule has 2 aromatic carbocycles. The van der Waals surface area contributed by atoms with Gasteiger partial charge in [-0.3, -0.25) is 9.59 Å². The molecule has 2 rings (SSSR count). The lowest BCUT2D eigenvalue weighted by atomic mass is 10.1. The second-order valence-corrected chi connectivity index (χ2v) is 6.25. The van der Waals surface area contributed by atoms with Gasteiger partial charge in [-0.25, -0.2) is 0 Å². The quantitative estimate of drug-likeness (QED) is 0.694. The van der Waals surface area contributed by atoms with Crippen molar-refractivity contribution >= 4 is 34.8 Å². The third-order valence-electron chi connectivity index (χ3n) is 3.90. The maximum atomic E-state index is 12.0. The van der Waals surface area contributed by atoms with Crippen molar-refractivity contribution in [2.75, 3.05) is 30.4 Å². The molecule has 7 heteroatoms. The van der Waals surface area contributed by atoms with E-state index in [1.165, 1.54) is 11.8 Å². The van der Waals surface area contributed by atoms with Crippen molar-refractivity contribution in [1.82, 2.24) is 5.32 Å². The lowest BCUT2D eigenvalue weighted by Gasteiger charge is -2.16. The molecular weight excluding hydrogens is 354 g/mol. The fraction of sp³-hybridized carbons (Fsp3) is 0.263. The zero-order chi connectivity index (χ0) is 19.1. The molecular formula is C19H22ClN3O3. The molecule has 0 fully saturated rings. The Morgan fingerprint density at radius 3 is 2.42 bits per heavy atom. The van der Waals surface area contributed by atoms with Gasteiger partial charge in [-0.1, -0.05) is 29.8 Å². The SMILES string of the molecule is CC(=O)N(C)c1ccc(NC(=O)CNC[C@@H](O)c2ccccc2Cl)cc1. The van der Waals surface area contributed by atoms with Crippen molar-refractivity contribution in [3.63, 3.8) is 0 Å². The number of nitrogens with zero attached hydrogens (tertiary/aromatic N) is 1. The average molecular weight is 376 g/mol. The molecule has 1 atom stereocenters. The Balaban J connectivity index is 1.80. The monoisotopic (exact) mass is 375 g/mol. The molecule has 26 heavy (non-hydrogen) atoms. The molecule has 2 aromatic rings. The van der Waals surface area contributed by atoms with Gasteiger partial charge >= 0.3 is 0 Å². The number of carbonyl (C=O) groups is 2. The van der Waals surface area contributed by atoms with Gasteiger partial charge in [0.2, 0.25) is 11.8 Å². The second-order valence-electron chi connectivity index (χ2n) is 5.84. The van der Waals surface area contributed by atoms with Crippen molar-refractivity contribution in [2.24, 2.45) is 0 Å². The Hall–Kier alpha value is -2.41. The van der Waals surface area contributed by atoms with Gasteiger partial charge in [0, 0.05) is 42.5 Å². The topological polar surface area (TPSA) is 81.7 Å². The van der Waals surface area contributed by atoms with Gasteiger partial charge in [0.05, 0.1) is 12.6 Å². The molecule has 138 valence electrons. The van der Waals surface area contributed by atoms with Crippen LogP contribution in [0.25, 0.3) is 0 Å². The van der Waals surface area contributed by atoms with Gasteiger partial charge in [-0.05, 0) is 30.3 Å². The highest BCUT2D eigenvalue weighted by molar-refractivity contribution is 6.31. The lowest BCUT2D eigenvalue weighted by Crippen LogP contribution is -2.31. The van der Waals surface area contributed by atoms with Crippen LogP contribution in [0.15, 0.2) is 48.5 Å². The molecule has 6 nitrogen and oxygen atoms in total. The van der Waals surface area contributed by atoms with Crippen LogP contribution in [0.3, 0.4) is 0 Å². The highest BCUT2D eigenvalue weighted by Gasteiger charge is 2.11. The maximum Gasteiger partial charge on any atom is 0.238 e. The summed E-state index contributed by atoms with van der Waals surface area (Å²) >= 11 is 6.03. The van der Waals surface area contributed by atoms with Crippen molar-refractivity contribution in [3.8, 4) is 0 Å². The van der Waals surface area contributed by atoms with Crippen LogP contribution in [-0.2, 0) is 9.59 Å². The summed E-state index contributed by atoms with van der Waals surface area (Å²) in [6, 6.07) is 14.0. The van der Waals surface area contributed by atoms with Crippen molar-refractivity contribution in [1.29, 1.82) is 0 Å². The molecule has 0 aliphatic rings. The fourth-order valence-corrected chi connectivity index (χ4v) is 2.59. The zero-order valence-electron chi connectivity index (χ0n) is 14.7. The number of rotatable bonds is 7. The molecule has 0 spiro atoms. The van der Waals surface area contributed by atoms with Crippen LogP contribution in [-0.4, -0.2) is 37.1 Å². The van der Waals surface area contributed by atoms with Gasteiger partial charge in [0.25, 0.3) is 0 Å². The molecule has 2 amide bonds. The number of nitrogens with one attached hydrogen (secondary N) is 2. The number of aliphatic hydroxyl groups is 1. The summed E-state index contributed by atoms with van der Waals surface area (Å²) in [7, 11) is 1.68. The normalized spacial score (nSPS) is 11.7. The molecule has 0 saturated carbocycles. The van der Waals surface area contributed by atoms with E-state index in [2.05, 4.69) is 10.6 Å². The summed E-state index contributed by atoms with van der Waals surface area (Å²) in [5, 5.41) is 16.3. The van der Waals surface area contributed by atoms with E-state index in [-0.39, 0.29) is 24.9 Å². The van der Waals surface area contributed by atoms with E-state index >= 15 is 0 Å². The van der Waals surface area contributed by atoms with E-state index in [0.717, 1.165) is 5.69 Å². The van der Waals surface area contributed by atoms with Crippen molar-refractivity contribution in [2.45, 2.75) is 13.0 Å². The Morgan fingerprint density at radius 1 is 1.15 bits per heavy atom. The Kier molecular flexibility index (Phi) is 7.15. The minimum absolute atomic E-state index is 0.0522. The van der Waals surface area contributed by atoms with Gasteiger partial charge in [0.15, 0.2) is 0 Å². The number of amides is 2. The van der Waals surface area contributed by atoms with Crippen LogP contribution in [0.2, 0.25) is 5.02 Å². The fourth-order valence-electron chi connectivity index (χ4n) is 2.33. The Morgan fingerprint density at radius 2 is 1.81 bits per heavy atom. The standard InChI is InChI=1S/C19H22ClN3O3/c1-13(24)23(2)15-9-7-14(8-10-15)22-19(26)12-21-11-18(25)16-5-3-4-6-17(16)20/h3-10,18,21,25H,11-12H2,1-2H3,(H,22,26)/t18-/m1/s1. The van der Waals surface area contributed by atoms with Crippen molar-refractivity contribution in [3.05, 3.63) is 59.1 Å². The summed E-state index contributed by atoms with van der Waals surface area (Å²) < 4.78 is 0. The van der Waals surface area contributed by atoms with Crippen LogP contribution >= 0.6 is 11.6 Å². The molecule has 0 unspecified atom stereocenters. The third-order valence-corrected chi connectivity index (χ3v) is 4.24. The zero-order valence-corrected chi connectivity index (χ0v) is 15.5. The highest BCUT2D eigenvalue weighted by atomic mass is 35.5. The number of aliphatic hydroxyl groups excluding tert-OH is 1. The Bertz CT molecular complexity index is 765. The van der Waals surface area contributed by atoms with Gasteiger partial charge in [0.1, 0.15) is 0 Å². The van der Waals surface area contributed by atoms with E-state index in [1.807, 2.05) is 0 Å². The smallest absolute Gasteiger partial charge is 0.238 e. The van der Waals surface area contributed by atoms with E-state index in [4.69, 9.17) is 11.6 Å². The molecule has 0 heterocycles. The molecule has 0 aliphatic carbocycles. The van der Waals surface area contributed by atoms with Gasteiger partial charge in [-0.2, -0.15) is 0 Å². The molecule has 0 saturated heterocycles. The van der Waals surface area contributed by atoms with Crippen LogP contribution in [0.5, 0.6) is 0 Å². The van der Waals surface area contributed by atoms with E-state index in [0.29, 0.717) is 16.3 Å². The summed E-state index contributed by atoms with van der Waals surface area (Å²) in [5.74, 6) is -0.299. The minimum atomic E-state index is -0.794. The van der Waals surface area contributed by atoms with Crippen LogP contribution in [0, 0.1) is 0 Å². The van der Waals surface area contributed by atoms with Gasteiger partial charge < -0.3 is 20.6 Å². The maximum absolute atomic E-state index is 12.0. The van der Waals surface area contributed by atoms with Crippen molar-refractivity contribution < 1.29 is 14.7 Å². The van der Waals surface area contributed by atoms with Crippen LogP contribution < -0.4 is 15.5 Å². The van der Waals surface area contributed by atoms with Gasteiger partial charge in [-0.15, -0.1) is 0 Å². The average Bonchev–Trinajstić information content (AvgIpc) is 2.62. The first kappa shape index (κ1) is 19.9. The number of anilines is 2. The summed E-state index contributed by atoms with van der Waals surface area (Å²) in [4.78, 5) is 24.8. The number of carbonyl (C=O) groups excluding carboxylic acids is 2. The molecule has 0 aliphatic heterocycles. The predicted octanol–water partition coefficient (Wildman–Crippen LogP) is 2.58. The summed E-state index contributed by atoms with van der Waals surface area (Å²) in [5.41, 5.74) is 1.99. The molecule has 0 bridgehead atoms. The highest BCUT2D eigenvalue weighted by Crippen LogP contribution is 2.21. The minimum Gasteiger partial charge on any atom is -0.387 e. The van der Waals surface area contributed by atoms with Crippen LogP contribution in [0.4, 0.5) is 11.4 Å². The molecule has 0 aromatic heterocycles. The third kappa shape index (κ3) is 5.56. The number of benzene rings is 2. The lowest BCUT2D eigenvalue weighted by molar-refractivity contribution is -0.116. The molecule has 3 N–H and O–H groups in total. The van der Waals surface area contributed by atoms with E-state index < -0.39 is 6.10 Å². The first-order chi connectivity index (χ1) is 12.4. The van der Waals surface area contributed by atoms with E-state index in [9.17, 15) is 14.7 Å². The number of halogens is 1. The first-order valence-electron chi connectivity index (χ1n) is 8.16. The summed E-state index contributed by atoms with van der Waals surface area (Å²) in [6.45, 7) is 1.74. The number of hydrogen-bond donors (Lipinski definition) is 3. The second kappa shape index (κ2) is 9.33. The van der Waals surface area contributed by atoms with Crippen LogP contribution in [0.1, 0.15) is 18.6 Å². The first-order valence-corrected chi connectivity index (χ1v) is 8.53.